The van der Waals surface area contributed by atoms with Gasteiger partial charge in [-0.2, -0.15) is 0 Å². The number of aromatic nitrogens is 2. The van der Waals surface area contributed by atoms with Gasteiger partial charge < -0.3 is 9.15 Å². The summed E-state index contributed by atoms with van der Waals surface area (Å²) in [6, 6.07) is 14.8. The Hall–Kier alpha value is -3.74. The molecule has 0 unspecified atom stereocenters. The van der Waals surface area contributed by atoms with Gasteiger partial charge in [0.05, 0.1) is 23.7 Å². The van der Waals surface area contributed by atoms with E-state index in [0.717, 1.165) is 5.39 Å². The van der Waals surface area contributed by atoms with Crippen molar-refractivity contribution >= 4 is 27.8 Å². The van der Waals surface area contributed by atoms with Gasteiger partial charge in [-0.25, -0.2) is 9.78 Å². The molecule has 0 bridgehead atoms. The van der Waals surface area contributed by atoms with Gasteiger partial charge in [0.25, 0.3) is 5.56 Å². The van der Waals surface area contributed by atoms with Crippen LogP contribution in [0.25, 0.3) is 21.9 Å². The maximum Gasteiger partial charge on any atom is 0.336 e. The predicted octanol–water partition coefficient (Wildman–Crippen LogP) is 2.50. The largest absolute Gasteiger partial charge is 0.426 e. The zero-order chi connectivity index (χ0) is 18.8. The Morgan fingerprint density at radius 1 is 1.07 bits per heavy atom. The Kier molecular flexibility index (Phi) is 4.25. The van der Waals surface area contributed by atoms with Crippen LogP contribution in [0.1, 0.15) is 6.42 Å². The molecule has 0 spiro atoms. The van der Waals surface area contributed by atoms with Gasteiger partial charge >= 0.3 is 11.6 Å². The highest BCUT2D eigenvalue weighted by atomic mass is 16.5. The van der Waals surface area contributed by atoms with Crippen molar-refractivity contribution in [1.82, 2.24) is 9.55 Å². The summed E-state index contributed by atoms with van der Waals surface area (Å²) in [5.41, 5.74) is 0.261. The highest BCUT2D eigenvalue weighted by Gasteiger charge is 2.09. The number of para-hydroxylation sites is 1. The number of hydrogen-bond donors (Lipinski definition) is 0. The number of esters is 1. The van der Waals surface area contributed by atoms with Crippen molar-refractivity contribution in [2.45, 2.75) is 13.0 Å². The monoisotopic (exact) mass is 362 g/mol. The van der Waals surface area contributed by atoms with E-state index in [4.69, 9.17) is 9.15 Å². The molecule has 134 valence electrons. The Bertz CT molecular complexity index is 1270. The number of benzene rings is 2. The van der Waals surface area contributed by atoms with E-state index in [9.17, 15) is 14.4 Å². The summed E-state index contributed by atoms with van der Waals surface area (Å²) in [6.45, 7) is 0.151. The first-order valence-corrected chi connectivity index (χ1v) is 8.29. The Balaban J connectivity index is 1.48. The molecule has 4 rings (SSSR count). The lowest BCUT2D eigenvalue weighted by atomic mass is 10.2. The van der Waals surface area contributed by atoms with Crippen LogP contribution >= 0.6 is 0 Å². The molecular formula is C20H14N2O5. The lowest BCUT2D eigenvalue weighted by Crippen LogP contribution is -2.23. The van der Waals surface area contributed by atoms with E-state index in [-0.39, 0.29) is 24.3 Å². The number of carbonyl (C=O) groups is 1. The van der Waals surface area contributed by atoms with E-state index in [1.807, 2.05) is 6.07 Å². The first-order chi connectivity index (χ1) is 13.1. The Morgan fingerprint density at radius 2 is 1.89 bits per heavy atom. The van der Waals surface area contributed by atoms with Gasteiger partial charge in [-0.05, 0) is 30.3 Å². The second-order valence-corrected chi connectivity index (χ2v) is 5.94. The van der Waals surface area contributed by atoms with Gasteiger partial charge in [0.2, 0.25) is 0 Å². The summed E-state index contributed by atoms with van der Waals surface area (Å²) >= 11 is 0. The number of hydrogen-bond acceptors (Lipinski definition) is 6. The smallest absolute Gasteiger partial charge is 0.336 e. The molecule has 0 radical (unpaired) electrons. The fraction of sp³-hybridized carbons (Fsp3) is 0.100. The number of rotatable bonds is 4. The van der Waals surface area contributed by atoms with E-state index >= 15 is 0 Å². The van der Waals surface area contributed by atoms with Crippen molar-refractivity contribution < 1.29 is 13.9 Å². The van der Waals surface area contributed by atoms with Crippen molar-refractivity contribution in [3.8, 4) is 5.75 Å². The van der Waals surface area contributed by atoms with Crippen LogP contribution in [0, 0.1) is 0 Å². The first kappa shape index (κ1) is 16.7. The lowest BCUT2D eigenvalue weighted by Gasteiger charge is -2.07. The quantitative estimate of drug-likeness (QED) is 0.315. The van der Waals surface area contributed by atoms with E-state index < -0.39 is 11.6 Å². The minimum absolute atomic E-state index is 0.00327. The molecule has 7 nitrogen and oxygen atoms in total. The average Bonchev–Trinajstić information content (AvgIpc) is 2.67. The first-order valence-electron chi connectivity index (χ1n) is 8.29. The standard InChI is InChI=1S/C20H14N2O5/c23-18-8-6-13-5-7-14(11-17(13)27-18)26-19(24)9-10-22-12-21-16-4-2-1-3-15(16)20(22)25/h1-8,11-12H,9-10H2. The van der Waals surface area contributed by atoms with Crippen LogP contribution in [-0.2, 0) is 11.3 Å². The molecule has 0 aliphatic carbocycles. The van der Waals surface area contributed by atoms with Crippen LogP contribution in [-0.4, -0.2) is 15.5 Å². The van der Waals surface area contributed by atoms with Crippen molar-refractivity contribution in [3.63, 3.8) is 0 Å². The second-order valence-electron chi connectivity index (χ2n) is 5.94. The number of aryl methyl sites for hydroxylation is 1. The van der Waals surface area contributed by atoms with E-state index in [0.29, 0.717) is 16.5 Å². The molecule has 0 fully saturated rings. The third kappa shape index (κ3) is 3.48. The van der Waals surface area contributed by atoms with Crippen molar-refractivity contribution in [3.05, 3.63) is 81.7 Å². The molecular weight excluding hydrogens is 348 g/mol. The second kappa shape index (κ2) is 6.87. The minimum atomic E-state index is -0.507. The molecule has 0 saturated heterocycles. The van der Waals surface area contributed by atoms with Gasteiger partial charge in [-0.15, -0.1) is 0 Å². The summed E-state index contributed by atoms with van der Waals surface area (Å²) in [7, 11) is 0. The number of fused-ring (bicyclic) bond motifs is 2. The highest BCUT2D eigenvalue weighted by Crippen LogP contribution is 2.19. The van der Waals surface area contributed by atoms with Gasteiger partial charge in [-0.3, -0.25) is 14.2 Å². The van der Waals surface area contributed by atoms with Crippen LogP contribution in [0.5, 0.6) is 5.75 Å². The van der Waals surface area contributed by atoms with Crippen LogP contribution in [0.2, 0.25) is 0 Å². The molecule has 2 heterocycles. The topological polar surface area (TPSA) is 91.4 Å². The Labute approximate surface area is 152 Å². The van der Waals surface area contributed by atoms with Gasteiger partial charge in [0.1, 0.15) is 11.3 Å². The maximum absolute atomic E-state index is 12.4. The fourth-order valence-corrected chi connectivity index (χ4v) is 2.76. The van der Waals surface area contributed by atoms with Crippen LogP contribution in [0.15, 0.2) is 74.9 Å². The third-order valence-corrected chi connectivity index (χ3v) is 4.11. The van der Waals surface area contributed by atoms with Crippen LogP contribution in [0.4, 0.5) is 0 Å². The van der Waals surface area contributed by atoms with Crippen molar-refractivity contribution in [2.24, 2.45) is 0 Å². The van der Waals surface area contributed by atoms with Gasteiger partial charge in [0.15, 0.2) is 0 Å². The molecule has 2 aromatic carbocycles. The summed E-state index contributed by atoms with van der Waals surface area (Å²) in [5.74, 6) is -0.237. The van der Waals surface area contributed by atoms with E-state index in [2.05, 4.69) is 4.98 Å². The summed E-state index contributed by atoms with van der Waals surface area (Å²) in [6.07, 6.45) is 1.42. The molecule has 2 aromatic heterocycles. The summed E-state index contributed by atoms with van der Waals surface area (Å²) in [5, 5.41) is 1.22. The van der Waals surface area contributed by atoms with Gasteiger partial charge in [0, 0.05) is 24.1 Å². The van der Waals surface area contributed by atoms with Crippen LogP contribution < -0.4 is 15.9 Å². The summed E-state index contributed by atoms with van der Waals surface area (Å²) in [4.78, 5) is 40.0. The molecule has 7 heteroatoms. The molecule has 0 saturated carbocycles. The van der Waals surface area contributed by atoms with Crippen molar-refractivity contribution in [2.75, 3.05) is 0 Å². The molecule has 0 amide bonds. The fourth-order valence-electron chi connectivity index (χ4n) is 2.76. The van der Waals surface area contributed by atoms with E-state index in [1.54, 1.807) is 36.4 Å². The molecule has 0 atom stereocenters. The normalized spacial score (nSPS) is 11.0. The molecule has 4 aromatic rings. The van der Waals surface area contributed by atoms with Gasteiger partial charge in [-0.1, -0.05) is 12.1 Å². The lowest BCUT2D eigenvalue weighted by molar-refractivity contribution is -0.134. The van der Waals surface area contributed by atoms with Crippen molar-refractivity contribution in [1.29, 1.82) is 0 Å². The predicted molar refractivity (Wildman–Crippen MR) is 98.7 cm³/mol. The Morgan fingerprint density at radius 3 is 2.78 bits per heavy atom. The zero-order valence-electron chi connectivity index (χ0n) is 14.1. The summed E-state index contributed by atoms with van der Waals surface area (Å²) < 4.78 is 11.7. The third-order valence-electron chi connectivity index (χ3n) is 4.11. The molecule has 0 N–H and O–H groups in total. The number of ether oxygens (including phenoxy) is 1. The van der Waals surface area contributed by atoms with Crippen LogP contribution in [0.3, 0.4) is 0 Å². The number of nitrogens with zero attached hydrogens (tertiary/aromatic N) is 2. The maximum atomic E-state index is 12.4. The van der Waals surface area contributed by atoms with E-state index in [1.165, 1.54) is 23.0 Å². The SMILES string of the molecule is O=C(CCn1cnc2ccccc2c1=O)Oc1ccc2ccc(=O)oc2c1. The average molecular weight is 362 g/mol. The molecule has 0 aliphatic rings. The minimum Gasteiger partial charge on any atom is -0.426 e. The molecule has 27 heavy (non-hydrogen) atoms. The highest BCUT2D eigenvalue weighted by molar-refractivity contribution is 5.80. The molecule has 0 aliphatic heterocycles. The number of carbonyl (C=O) groups excluding carboxylic acids is 1. The zero-order valence-corrected chi connectivity index (χ0v) is 14.1.